The van der Waals surface area contributed by atoms with Crippen molar-refractivity contribution < 1.29 is 19.2 Å². The second kappa shape index (κ2) is 14.2. The first-order chi connectivity index (χ1) is 25.0. The van der Waals surface area contributed by atoms with Crippen molar-refractivity contribution in [2.24, 2.45) is 5.92 Å². The standard InChI is InChI=1S/C38H44ClN9O4/c1-5-23-21-25(9-10-28(23)40-4)42-33-27(39)22-41-37(44-33)46-17-19-47(20-18-46)38(2,3)24-13-15-45(16-14-24)29-8-6-7-26-32(29)36(52)48(35(26)51)30-11-12-31(49)43-34(30)50/h5-10,21-22,24,30,40H,1,11-20H2,2-4H3,(H,41,42,44)(H,43,49,50). The highest BCUT2D eigenvalue weighted by molar-refractivity contribution is 6.33. The molecule has 0 radical (unpaired) electrons. The van der Waals surface area contributed by atoms with Gasteiger partial charge in [-0.3, -0.25) is 34.3 Å². The van der Waals surface area contributed by atoms with Gasteiger partial charge in [0.25, 0.3) is 11.8 Å². The Morgan fingerprint density at radius 2 is 1.71 bits per heavy atom. The van der Waals surface area contributed by atoms with Crippen LogP contribution in [0.3, 0.4) is 0 Å². The number of carbonyl (C=O) groups is 4. The molecule has 4 aliphatic heterocycles. The lowest BCUT2D eigenvalue weighted by molar-refractivity contribution is -0.136. The van der Waals surface area contributed by atoms with Crippen molar-refractivity contribution >= 4 is 70.1 Å². The van der Waals surface area contributed by atoms with Gasteiger partial charge in [0, 0.05) is 69.7 Å². The van der Waals surface area contributed by atoms with Crippen LogP contribution in [0.4, 0.5) is 28.8 Å². The van der Waals surface area contributed by atoms with Crippen LogP contribution in [0.25, 0.3) is 6.08 Å². The minimum Gasteiger partial charge on any atom is -0.388 e. The third-order valence-electron chi connectivity index (χ3n) is 11.2. The summed E-state index contributed by atoms with van der Waals surface area (Å²) >= 11 is 6.52. The molecular weight excluding hydrogens is 682 g/mol. The maximum Gasteiger partial charge on any atom is 0.264 e. The fourth-order valence-electron chi connectivity index (χ4n) is 8.10. The van der Waals surface area contributed by atoms with E-state index in [1.165, 1.54) is 0 Å². The van der Waals surface area contributed by atoms with Crippen molar-refractivity contribution in [3.63, 3.8) is 0 Å². The summed E-state index contributed by atoms with van der Waals surface area (Å²) in [4.78, 5) is 68.7. The largest absolute Gasteiger partial charge is 0.388 e. The topological polar surface area (TPSA) is 143 Å². The van der Waals surface area contributed by atoms with Gasteiger partial charge in [0.15, 0.2) is 5.82 Å². The molecule has 0 bridgehead atoms. The second-order valence-electron chi connectivity index (χ2n) is 14.3. The number of piperazine rings is 1. The third-order valence-corrected chi connectivity index (χ3v) is 11.5. The van der Waals surface area contributed by atoms with Crippen LogP contribution in [0, 0.1) is 5.92 Å². The molecule has 3 aromatic rings. The number of aromatic nitrogens is 2. The number of hydrogen-bond donors (Lipinski definition) is 3. The molecule has 272 valence electrons. The highest BCUT2D eigenvalue weighted by atomic mass is 35.5. The van der Waals surface area contributed by atoms with E-state index in [1.54, 1.807) is 24.4 Å². The van der Waals surface area contributed by atoms with Crippen molar-refractivity contribution in [1.29, 1.82) is 0 Å². The average Bonchev–Trinajstić information content (AvgIpc) is 3.41. The number of nitrogens with one attached hydrogen (secondary N) is 3. The van der Waals surface area contributed by atoms with Gasteiger partial charge < -0.3 is 20.4 Å². The van der Waals surface area contributed by atoms with Gasteiger partial charge in [-0.1, -0.05) is 30.3 Å². The number of amides is 4. The Morgan fingerprint density at radius 1 is 0.962 bits per heavy atom. The van der Waals surface area contributed by atoms with Crippen LogP contribution in [0.2, 0.25) is 5.02 Å². The minimum atomic E-state index is -0.984. The van der Waals surface area contributed by atoms with Gasteiger partial charge in [-0.2, -0.15) is 4.98 Å². The summed E-state index contributed by atoms with van der Waals surface area (Å²) in [6.07, 6.45) is 5.52. The predicted molar refractivity (Wildman–Crippen MR) is 202 cm³/mol. The van der Waals surface area contributed by atoms with Gasteiger partial charge in [0.1, 0.15) is 11.1 Å². The lowest BCUT2D eigenvalue weighted by Crippen LogP contribution is -2.59. The Hall–Kier alpha value is -5.01. The molecule has 0 saturated carbocycles. The van der Waals surface area contributed by atoms with E-state index in [1.807, 2.05) is 31.3 Å². The number of piperidine rings is 2. The molecular formula is C38H44ClN9O4. The van der Waals surface area contributed by atoms with Crippen molar-refractivity contribution in [2.75, 3.05) is 66.7 Å². The number of hydrogen-bond acceptors (Lipinski definition) is 11. The Bertz CT molecular complexity index is 1940. The van der Waals surface area contributed by atoms with Crippen LogP contribution in [0.1, 0.15) is 65.8 Å². The van der Waals surface area contributed by atoms with Crippen molar-refractivity contribution in [3.05, 3.63) is 70.9 Å². The molecule has 14 heteroatoms. The summed E-state index contributed by atoms with van der Waals surface area (Å²) in [5, 5.41) is 9.22. The summed E-state index contributed by atoms with van der Waals surface area (Å²) in [6.45, 7) is 13.3. The molecule has 1 atom stereocenters. The van der Waals surface area contributed by atoms with Gasteiger partial charge in [-0.15, -0.1) is 0 Å². The predicted octanol–water partition coefficient (Wildman–Crippen LogP) is 4.78. The summed E-state index contributed by atoms with van der Waals surface area (Å²) < 4.78 is 0. The van der Waals surface area contributed by atoms with Crippen LogP contribution >= 0.6 is 11.6 Å². The van der Waals surface area contributed by atoms with Gasteiger partial charge in [0.2, 0.25) is 17.8 Å². The zero-order chi connectivity index (χ0) is 36.7. The van der Waals surface area contributed by atoms with Crippen molar-refractivity contribution in [2.45, 2.75) is 51.1 Å². The molecule has 1 unspecified atom stereocenters. The van der Waals surface area contributed by atoms with E-state index in [0.717, 1.165) is 79.6 Å². The Morgan fingerprint density at radius 3 is 2.40 bits per heavy atom. The molecule has 3 saturated heterocycles. The third kappa shape index (κ3) is 6.47. The second-order valence-corrected chi connectivity index (χ2v) is 14.7. The van der Waals surface area contributed by atoms with E-state index in [-0.39, 0.29) is 24.3 Å². The molecule has 4 amide bonds. The molecule has 52 heavy (non-hydrogen) atoms. The van der Waals surface area contributed by atoms with Crippen LogP contribution < -0.4 is 25.8 Å². The van der Waals surface area contributed by atoms with Gasteiger partial charge in [-0.25, -0.2) is 4.98 Å². The quantitative estimate of drug-likeness (QED) is 0.263. The first kappa shape index (κ1) is 35.4. The summed E-state index contributed by atoms with van der Waals surface area (Å²) in [7, 11) is 1.88. The van der Waals surface area contributed by atoms with Crippen LogP contribution in [-0.2, 0) is 9.59 Å². The zero-order valence-electron chi connectivity index (χ0n) is 29.7. The van der Waals surface area contributed by atoms with E-state index >= 15 is 0 Å². The first-order valence-electron chi connectivity index (χ1n) is 17.8. The molecule has 13 nitrogen and oxygen atoms in total. The van der Waals surface area contributed by atoms with Crippen molar-refractivity contribution in [3.8, 4) is 0 Å². The van der Waals surface area contributed by atoms with E-state index in [2.05, 4.69) is 56.1 Å². The number of imide groups is 2. The maximum atomic E-state index is 13.7. The molecule has 3 fully saturated rings. The fourth-order valence-corrected chi connectivity index (χ4v) is 8.24. The number of rotatable bonds is 9. The fraction of sp³-hybridized carbons (Fsp3) is 0.421. The SMILES string of the molecule is C=Cc1cc(Nc2nc(N3CCN(C(C)(C)C4CCN(c5cccc6c5C(=O)N(C5CCC(=O)NC5=O)C6=O)CC4)CC3)ncc2Cl)ccc1NC. The number of halogens is 1. The number of anilines is 5. The van der Waals surface area contributed by atoms with E-state index in [4.69, 9.17) is 16.6 Å². The highest BCUT2D eigenvalue weighted by Crippen LogP contribution is 2.39. The summed E-state index contributed by atoms with van der Waals surface area (Å²) in [5.41, 5.74) is 4.12. The van der Waals surface area contributed by atoms with Gasteiger partial charge >= 0.3 is 0 Å². The highest BCUT2D eigenvalue weighted by Gasteiger charge is 2.47. The lowest BCUT2D eigenvalue weighted by atomic mass is 9.78. The summed E-state index contributed by atoms with van der Waals surface area (Å²) in [6, 6.07) is 10.3. The molecule has 1 aromatic heterocycles. The van der Waals surface area contributed by atoms with E-state index in [9.17, 15) is 19.2 Å². The molecule has 0 aliphatic carbocycles. The Kier molecular flexibility index (Phi) is 9.66. The molecule has 7 rings (SSSR count). The molecule has 0 spiro atoms. The number of fused-ring (bicyclic) bond motifs is 1. The van der Waals surface area contributed by atoms with E-state index < -0.39 is 23.8 Å². The number of carbonyl (C=O) groups excluding carboxylic acids is 4. The van der Waals surface area contributed by atoms with Crippen LogP contribution in [-0.4, -0.2) is 101 Å². The summed E-state index contributed by atoms with van der Waals surface area (Å²) in [5.74, 6) is -0.346. The average molecular weight is 726 g/mol. The van der Waals surface area contributed by atoms with Gasteiger partial charge in [0.05, 0.1) is 23.0 Å². The lowest BCUT2D eigenvalue weighted by Gasteiger charge is -2.50. The Balaban J connectivity index is 0.973. The molecule has 2 aromatic carbocycles. The molecule has 5 heterocycles. The minimum absolute atomic E-state index is 0.0683. The Labute approximate surface area is 308 Å². The monoisotopic (exact) mass is 725 g/mol. The van der Waals surface area contributed by atoms with Crippen LogP contribution in [0.5, 0.6) is 0 Å². The smallest absolute Gasteiger partial charge is 0.264 e. The zero-order valence-corrected chi connectivity index (χ0v) is 30.5. The van der Waals surface area contributed by atoms with Crippen LogP contribution in [0.15, 0.2) is 49.2 Å². The van der Waals surface area contributed by atoms with Crippen molar-refractivity contribution in [1.82, 2.24) is 25.1 Å². The molecule has 4 aliphatic rings. The number of benzene rings is 2. The van der Waals surface area contributed by atoms with Gasteiger partial charge in [-0.05, 0) is 74.9 Å². The number of nitrogens with zero attached hydrogens (tertiary/aromatic N) is 6. The maximum absolute atomic E-state index is 13.7. The first-order valence-corrected chi connectivity index (χ1v) is 18.2. The normalized spacial score (nSPS) is 20.2. The van der Waals surface area contributed by atoms with E-state index in [0.29, 0.717) is 33.8 Å². The molecule has 3 N–H and O–H groups in total.